The molecule has 0 spiro atoms. The molecule has 100 valence electrons. The Morgan fingerprint density at radius 3 is 1.71 bits per heavy atom. The van der Waals surface area contributed by atoms with Gasteiger partial charge in [0.15, 0.2) is 0 Å². The fraction of sp³-hybridized carbons (Fsp3) is 1.00. The fourth-order valence-corrected chi connectivity index (χ4v) is 3.90. The third-order valence-electron chi connectivity index (χ3n) is 4.02. The Morgan fingerprint density at radius 1 is 0.824 bits per heavy atom. The first-order valence-corrected chi connectivity index (χ1v) is 7.55. The topological polar surface area (TPSA) is 41.9 Å². The highest BCUT2D eigenvalue weighted by molar-refractivity contribution is 7.92. The molecule has 2 fully saturated rings. The fourth-order valence-electron chi connectivity index (χ4n) is 3.14. The van der Waals surface area contributed by atoms with E-state index in [2.05, 4.69) is 9.34 Å². The summed E-state index contributed by atoms with van der Waals surface area (Å²) in [5.41, 5.74) is 0. The lowest BCUT2D eigenvalue weighted by atomic mass is 9.91. The van der Waals surface area contributed by atoms with Crippen LogP contribution in [0.4, 0.5) is 0 Å². The average Bonchev–Trinajstić information content (AvgIpc) is 2.42. The lowest BCUT2D eigenvalue weighted by Crippen LogP contribution is -2.40. The third kappa shape index (κ3) is 4.10. The highest BCUT2D eigenvalue weighted by Gasteiger charge is 2.30. The van der Waals surface area contributed by atoms with Crippen LogP contribution in [-0.2, 0) is 9.37 Å². The highest BCUT2D eigenvalue weighted by atomic mass is 32.2. The molecule has 0 atom stereocenters. The molecule has 2 saturated carbocycles. The number of rotatable bonds is 5. The second-order valence-corrected chi connectivity index (χ2v) is 5.87. The molecule has 0 amide bonds. The molecule has 0 unspecified atom stereocenters. The van der Waals surface area contributed by atoms with Gasteiger partial charge in [0.25, 0.3) is 0 Å². The Kier molecular flexibility index (Phi) is 6.08. The third-order valence-corrected chi connectivity index (χ3v) is 4.91. The van der Waals surface area contributed by atoms with Crippen LogP contribution >= 0.6 is 12.2 Å². The second-order valence-electron chi connectivity index (χ2n) is 5.16. The van der Waals surface area contributed by atoms with Gasteiger partial charge in [-0.15, -0.1) is 4.33 Å². The minimum Gasteiger partial charge on any atom is -0.220 e. The standard InChI is InChI=1S/C12H23NO3S/c14-15-16-17-13(11-7-3-1-4-8-11)12-9-5-2-6-10-12/h11-12,14H,1-10H2. The summed E-state index contributed by atoms with van der Waals surface area (Å²) in [6, 6.07) is 1.18. The predicted octanol–water partition coefficient (Wildman–Crippen LogP) is 3.94. The monoisotopic (exact) mass is 261 g/mol. The van der Waals surface area contributed by atoms with E-state index in [4.69, 9.17) is 9.59 Å². The molecule has 0 aromatic heterocycles. The van der Waals surface area contributed by atoms with Gasteiger partial charge in [-0.25, -0.2) is 9.56 Å². The zero-order chi connectivity index (χ0) is 11.9. The Labute approximate surface area is 108 Å². The van der Waals surface area contributed by atoms with Gasteiger partial charge >= 0.3 is 0 Å². The summed E-state index contributed by atoms with van der Waals surface area (Å²) >= 11 is 1.20. The molecule has 0 aromatic rings. The molecule has 4 nitrogen and oxygen atoms in total. The number of nitrogens with zero attached hydrogens (tertiary/aromatic N) is 1. The van der Waals surface area contributed by atoms with Gasteiger partial charge in [0.05, 0.1) is 0 Å². The van der Waals surface area contributed by atoms with Crippen molar-refractivity contribution >= 4 is 12.2 Å². The molecule has 2 aliphatic carbocycles. The van der Waals surface area contributed by atoms with Crippen molar-refractivity contribution in [3.05, 3.63) is 0 Å². The van der Waals surface area contributed by atoms with E-state index in [9.17, 15) is 0 Å². The molecular formula is C12H23NO3S. The first-order valence-electron chi connectivity index (χ1n) is 6.85. The number of hydrogen-bond donors (Lipinski definition) is 1. The van der Waals surface area contributed by atoms with Crippen LogP contribution in [-0.4, -0.2) is 21.6 Å². The van der Waals surface area contributed by atoms with Crippen molar-refractivity contribution in [3.63, 3.8) is 0 Å². The first kappa shape index (κ1) is 13.6. The average molecular weight is 261 g/mol. The van der Waals surface area contributed by atoms with Gasteiger partial charge in [-0.2, -0.15) is 0 Å². The molecular weight excluding hydrogens is 238 g/mol. The molecule has 0 aliphatic heterocycles. The molecule has 0 radical (unpaired) electrons. The van der Waals surface area contributed by atoms with E-state index < -0.39 is 0 Å². The highest BCUT2D eigenvalue weighted by Crippen LogP contribution is 2.35. The Morgan fingerprint density at radius 2 is 1.29 bits per heavy atom. The SMILES string of the molecule is OOOSN(C1CCCCC1)C1CCCCC1. The van der Waals surface area contributed by atoms with Gasteiger partial charge in [0.1, 0.15) is 12.2 Å². The summed E-state index contributed by atoms with van der Waals surface area (Å²) in [5.74, 6) is 0. The van der Waals surface area contributed by atoms with Crippen molar-refractivity contribution in [3.8, 4) is 0 Å². The zero-order valence-corrected chi connectivity index (χ0v) is 11.2. The van der Waals surface area contributed by atoms with E-state index in [1.54, 1.807) is 0 Å². The van der Waals surface area contributed by atoms with Gasteiger partial charge in [-0.05, 0) is 25.7 Å². The van der Waals surface area contributed by atoms with Crippen molar-refractivity contribution in [1.82, 2.24) is 4.31 Å². The van der Waals surface area contributed by atoms with Crippen LogP contribution in [0, 0.1) is 0 Å². The molecule has 1 N–H and O–H groups in total. The summed E-state index contributed by atoms with van der Waals surface area (Å²) in [6.45, 7) is 0. The molecule has 2 rings (SSSR count). The molecule has 0 aromatic carbocycles. The smallest absolute Gasteiger partial charge is 0.124 e. The largest absolute Gasteiger partial charge is 0.220 e. The summed E-state index contributed by atoms with van der Waals surface area (Å²) in [5, 5.41) is 12.1. The van der Waals surface area contributed by atoms with Crippen LogP contribution in [0.2, 0.25) is 0 Å². The van der Waals surface area contributed by atoms with Crippen molar-refractivity contribution < 1.29 is 14.6 Å². The molecule has 0 bridgehead atoms. The van der Waals surface area contributed by atoms with Crippen molar-refractivity contribution in [1.29, 1.82) is 0 Å². The summed E-state index contributed by atoms with van der Waals surface area (Å²) < 4.78 is 7.04. The lowest BCUT2D eigenvalue weighted by Gasteiger charge is -2.38. The van der Waals surface area contributed by atoms with Crippen molar-refractivity contribution in [2.75, 3.05) is 0 Å². The summed E-state index contributed by atoms with van der Waals surface area (Å²) in [4.78, 5) is 0. The maximum Gasteiger partial charge on any atom is 0.124 e. The Bertz CT molecular complexity index is 188. The van der Waals surface area contributed by atoms with Crippen molar-refractivity contribution in [2.24, 2.45) is 0 Å². The minimum atomic E-state index is 0.590. The molecule has 0 heterocycles. The van der Waals surface area contributed by atoms with E-state index in [-0.39, 0.29) is 0 Å². The van der Waals surface area contributed by atoms with Crippen LogP contribution in [0.1, 0.15) is 64.2 Å². The van der Waals surface area contributed by atoms with Gasteiger partial charge in [-0.1, -0.05) is 43.6 Å². The van der Waals surface area contributed by atoms with E-state index in [1.807, 2.05) is 0 Å². The van der Waals surface area contributed by atoms with Crippen LogP contribution in [0.25, 0.3) is 0 Å². The quantitative estimate of drug-likeness (QED) is 0.351. The van der Waals surface area contributed by atoms with Crippen LogP contribution in [0.3, 0.4) is 0 Å². The Hall–Kier alpha value is 0.190. The maximum absolute atomic E-state index is 8.34. The maximum atomic E-state index is 8.34. The van der Waals surface area contributed by atoms with E-state index in [1.165, 1.54) is 76.4 Å². The van der Waals surface area contributed by atoms with E-state index in [0.29, 0.717) is 12.1 Å². The summed E-state index contributed by atoms with van der Waals surface area (Å²) in [6.07, 6.45) is 13.0. The molecule has 0 saturated heterocycles. The summed E-state index contributed by atoms with van der Waals surface area (Å²) in [7, 11) is 0. The second kappa shape index (κ2) is 7.59. The van der Waals surface area contributed by atoms with Gasteiger partial charge < -0.3 is 0 Å². The van der Waals surface area contributed by atoms with Crippen molar-refractivity contribution in [2.45, 2.75) is 76.3 Å². The molecule has 5 heteroatoms. The lowest BCUT2D eigenvalue weighted by molar-refractivity contribution is -0.433. The number of hydrogen-bond acceptors (Lipinski definition) is 5. The minimum absolute atomic E-state index is 0.590. The van der Waals surface area contributed by atoms with Crippen LogP contribution < -0.4 is 0 Å². The molecule has 17 heavy (non-hydrogen) atoms. The van der Waals surface area contributed by atoms with Crippen LogP contribution in [0.5, 0.6) is 0 Å². The first-order chi connectivity index (χ1) is 8.42. The van der Waals surface area contributed by atoms with E-state index >= 15 is 0 Å². The normalized spacial score (nSPS) is 24.4. The van der Waals surface area contributed by atoms with Crippen LogP contribution in [0.15, 0.2) is 0 Å². The Balaban J connectivity index is 1.90. The predicted molar refractivity (Wildman–Crippen MR) is 68.0 cm³/mol. The molecule has 2 aliphatic rings. The zero-order valence-electron chi connectivity index (χ0n) is 10.3. The van der Waals surface area contributed by atoms with Gasteiger partial charge in [-0.3, -0.25) is 0 Å². The van der Waals surface area contributed by atoms with E-state index in [0.717, 1.165) is 0 Å². The van der Waals surface area contributed by atoms with Gasteiger partial charge in [0, 0.05) is 12.1 Å². The van der Waals surface area contributed by atoms with Gasteiger partial charge in [0.2, 0.25) is 0 Å².